The van der Waals surface area contributed by atoms with E-state index in [9.17, 15) is 0 Å². The zero-order valence-corrected chi connectivity index (χ0v) is 20.4. The molecule has 3 heterocycles. The van der Waals surface area contributed by atoms with Crippen LogP contribution in [0.4, 0.5) is 0 Å². The number of nitrogens with zero attached hydrogens (tertiary/aromatic N) is 2. The molecule has 0 atom stereocenters. The van der Waals surface area contributed by atoms with Crippen LogP contribution in [0.15, 0.2) is 97.1 Å². The molecular formula is C32H22N2S. The molecule has 0 spiro atoms. The van der Waals surface area contributed by atoms with Crippen molar-refractivity contribution in [3.8, 4) is 0 Å². The maximum Gasteiger partial charge on any atom is 0.0710 e. The minimum absolute atomic E-state index is 1.30. The predicted molar refractivity (Wildman–Crippen MR) is 155 cm³/mol. The van der Waals surface area contributed by atoms with Crippen molar-refractivity contribution < 1.29 is 0 Å². The lowest BCUT2D eigenvalue weighted by Crippen LogP contribution is -2.19. The maximum absolute atomic E-state index is 2.73. The molecule has 6 aromatic carbocycles. The summed E-state index contributed by atoms with van der Waals surface area (Å²) in [5, 5.41) is 13.6. The summed E-state index contributed by atoms with van der Waals surface area (Å²) in [6.45, 7) is 0. The number of fused-ring (bicyclic) bond motifs is 11. The van der Waals surface area contributed by atoms with Crippen molar-refractivity contribution in [2.24, 2.45) is 0 Å². The summed E-state index contributed by atoms with van der Waals surface area (Å²) >= 11 is 0. The van der Waals surface area contributed by atoms with E-state index in [1.54, 1.807) is 0 Å². The smallest absolute Gasteiger partial charge is 0.0710 e. The Balaban J connectivity index is 1.75. The first-order valence-electron chi connectivity index (χ1n) is 12.1. The van der Waals surface area contributed by atoms with Crippen LogP contribution >= 0.6 is 10.4 Å². The number of aromatic nitrogens is 2. The summed E-state index contributed by atoms with van der Waals surface area (Å²) in [5.41, 5.74) is 5.52. The molecule has 3 heteroatoms. The van der Waals surface area contributed by atoms with Gasteiger partial charge in [-0.05, 0) is 40.1 Å². The van der Waals surface area contributed by atoms with Crippen molar-refractivity contribution in [1.29, 1.82) is 0 Å². The van der Waals surface area contributed by atoms with Crippen molar-refractivity contribution in [1.82, 2.24) is 7.94 Å². The van der Waals surface area contributed by atoms with Crippen molar-refractivity contribution >= 4 is 86.3 Å². The molecule has 2 nitrogen and oxygen atoms in total. The second-order valence-corrected chi connectivity index (χ2v) is 13.3. The van der Waals surface area contributed by atoms with Gasteiger partial charge in [0.2, 0.25) is 0 Å². The first-order chi connectivity index (χ1) is 17.2. The number of hydrogen-bond donors (Lipinski definition) is 0. The average Bonchev–Trinajstić information content (AvgIpc) is 3.43. The van der Waals surface area contributed by atoms with Gasteiger partial charge in [-0.15, -0.1) is 0 Å². The first-order valence-corrected chi connectivity index (χ1v) is 14.5. The minimum atomic E-state index is -1.44. The van der Waals surface area contributed by atoms with E-state index in [4.69, 9.17) is 0 Å². The molecule has 0 fully saturated rings. The zero-order chi connectivity index (χ0) is 23.1. The zero-order valence-electron chi connectivity index (χ0n) is 19.5. The first kappa shape index (κ1) is 18.4. The molecule has 0 N–H and O–H groups in total. The van der Waals surface area contributed by atoms with E-state index in [2.05, 4.69) is 118 Å². The van der Waals surface area contributed by atoms with Crippen LogP contribution in [0.5, 0.6) is 0 Å². The number of benzene rings is 6. The molecule has 0 unspecified atom stereocenters. The Morgan fingerprint density at radius 1 is 0.429 bits per heavy atom. The molecule has 2 aromatic heterocycles. The summed E-state index contributed by atoms with van der Waals surface area (Å²) in [5.74, 6) is 0. The van der Waals surface area contributed by atoms with Gasteiger partial charge in [-0.3, -0.25) is 7.94 Å². The van der Waals surface area contributed by atoms with E-state index in [-0.39, 0.29) is 0 Å². The normalized spacial score (nSPS) is 15.7. The minimum Gasteiger partial charge on any atom is -0.285 e. The van der Waals surface area contributed by atoms with E-state index in [1.165, 1.54) is 75.9 Å². The third-order valence-corrected chi connectivity index (χ3v) is 10.8. The van der Waals surface area contributed by atoms with Gasteiger partial charge in [-0.1, -0.05) is 101 Å². The molecule has 9 rings (SSSR count). The van der Waals surface area contributed by atoms with Gasteiger partial charge < -0.3 is 0 Å². The molecule has 1 aliphatic heterocycles. The van der Waals surface area contributed by atoms with Crippen LogP contribution in [0, 0.1) is 0 Å². The fourth-order valence-electron chi connectivity index (χ4n) is 6.93. The van der Waals surface area contributed by atoms with E-state index in [1.807, 2.05) is 0 Å². The Morgan fingerprint density at radius 3 is 1.91 bits per heavy atom. The summed E-state index contributed by atoms with van der Waals surface area (Å²) in [6, 6.07) is 36.2. The highest BCUT2D eigenvalue weighted by Crippen LogP contribution is 2.60. The lowest BCUT2D eigenvalue weighted by molar-refractivity contribution is 1.26. The van der Waals surface area contributed by atoms with Crippen LogP contribution in [-0.2, 0) is 0 Å². The molecule has 0 amide bonds. The molecule has 0 saturated heterocycles. The molecule has 0 bridgehead atoms. The summed E-state index contributed by atoms with van der Waals surface area (Å²) < 4.78 is 5.41. The Hall–Kier alpha value is -3.95. The van der Waals surface area contributed by atoms with Crippen molar-refractivity contribution in [3.05, 3.63) is 97.1 Å². The predicted octanol–water partition coefficient (Wildman–Crippen LogP) is 8.97. The SMILES string of the molecule is CS1(C)n2c3ccccc3c3ccc4c5ccccc5c5c6ccc7ccccc7c6n1c5c4c32. The topological polar surface area (TPSA) is 9.86 Å². The molecule has 0 radical (unpaired) electrons. The Bertz CT molecular complexity index is 2240. The van der Waals surface area contributed by atoms with E-state index >= 15 is 0 Å². The van der Waals surface area contributed by atoms with Crippen LogP contribution in [0.3, 0.4) is 0 Å². The highest BCUT2D eigenvalue weighted by Gasteiger charge is 2.34. The van der Waals surface area contributed by atoms with Crippen molar-refractivity contribution in [3.63, 3.8) is 0 Å². The van der Waals surface area contributed by atoms with Gasteiger partial charge in [0, 0.05) is 32.3 Å². The van der Waals surface area contributed by atoms with Gasteiger partial charge in [-0.2, -0.15) is 0 Å². The number of para-hydroxylation sites is 1. The highest BCUT2D eigenvalue weighted by atomic mass is 32.3. The number of hydrogen-bond acceptors (Lipinski definition) is 0. The van der Waals surface area contributed by atoms with Gasteiger partial charge in [0.05, 0.1) is 22.1 Å². The quantitative estimate of drug-likeness (QED) is 0.197. The Kier molecular flexibility index (Phi) is 3.05. The highest BCUT2D eigenvalue weighted by molar-refractivity contribution is 8.30. The third-order valence-electron chi connectivity index (χ3n) is 8.22. The van der Waals surface area contributed by atoms with Crippen LogP contribution in [0.1, 0.15) is 0 Å². The van der Waals surface area contributed by atoms with E-state index in [0.717, 1.165) is 0 Å². The van der Waals surface area contributed by atoms with Gasteiger partial charge in [0.25, 0.3) is 0 Å². The van der Waals surface area contributed by atoms with Gasteiger partial charge in [0.1, 0.15) is 0 Å². The maximum atomic E-state index is 2.73. The second-order valence-electron chi connectivity index (χ2n) is 10.2. The lowest BCUT2D eigenvalue weighted by Gasteiger charge is -2.41. The lowest BCUT2D eigenvalue weighted by atomic mass is 9.95. The molecule has 0 saturated carbocycles. The number of rotatable bonds is 0. The Labute approximate surface area is 203 Å². The summed E-state index contributed by atoms with van der Waals surface area (Å²) in [4.78, 5) is 0. The third kappa shape index (κ3) is 1.92. The van der Waals surface area contributed by atoms with Gasteiger partial charge in [0.15, 0.2) is 0 Å². The van der Waals surface area contributed by atoms with Gasteiger partial charge >= 0.3 is 0 Å². The second kappa shape index (κ2) is 5.81. The molecule has 35 heavy (non-hydrogen) atoms. The fraction of sp³-hybridized carbons (Fsp3) is 0.0625. The van der Waals surface area contributed by atoms with Crippen LogP contribution < -0.4 is 0 Å². The Morgan fingerprint density at radius 2 is 1.06 bits per heavy atom. The van der Waals surface area contributed by atoms with Crippen LogP contribution in [0.2, 0.25) is 0 Å². The van der Waals surface area contributed by atoms with E-state index < -0.39 is 10.4 Å². The average molecular weight is 467 g/mol. The van der Waals surface area contributed by atoms with Crippen LogP contribution in [0.25, 0.3) is 75.9 Å². The standard InChI is InChI=1S/C32H22N2S/c1-35(2)33-27-14-8-7-12-22(27)25-18-17-24-21-11-5-6-13-23(21)28-26-16-15-19-9-3-4-10-20(19)30(26)34(35)32(28)29(24)31(25)33/h3-18H,1-2H3. The summed E-state index contributed by atoms with van der Waals surface area (Å²) in [7, 11) is -1.44. The van der Waals surface area contributed by atoms with Crippen molar-refractivity contribution in [2.75, 3.05) is 12.5 Å². The summed E-state index contributed by atoms with van der Waals surface area (Å²) in [6.07, 6.45) is 4.94. The van der Waals surface area contributed by atoms with Crippen LogP contribution in [-0.4, -0.2) is 20.5 Å². The largest absolute Gasteiger partial charge is 0.285 e. The molecule has 0 aliphatic carbocycles. The molecule has 1 aliphatic rings. The van der Waals surface area contributed by atoms with Gasteiger partial charge in [-0.25, -0.2) is 0 Å². The van der Waals surface area contributed by atoms with Crippen molar-refractivity contribution in [2.45, 2.75) is 0 Å². The molecule has 8 aromatic rings. The fourth-order valence-corrected chi connectivity index (χ4v) is 9.64. The monoisotopic (exact) mass is 466 g/mol. The molecular weight excluding hydrogens is 444 g/mol. The van der Waals surface area contributed by atoms with E-state index in [0.29, 0.717) is 0 Å². The molecule has 166 valence electrons.